The van der Waals surface area contributed by atoms with Gasteiger partial charge >= 0.3 is 0 Å². The first-order chi connectivity index (χ1) is 9.99. The monoisotopic (exact) mass is 310 g/mol. The van der Waals surface area contributed by atoms with Crippen LogP contribution in [0.5, 0.6) is 0 Å². The fourth-order valence-corrected chi connectivity index (χ4v) is 3.02. The van der Waals surface area contributed by atoms with Crippen LogP contribution in [0.4, 0.5) is 5.69 Å². The number of carbonyl (C=O) groups excluding carboxylic acids is 1. The van der Waals surface area contributed by atoms with Crippen LogP contribution in [0.15, 0.2) is 18.2 Å². The van der Waals surface area contributed by atoms with Gasteiger partial charge in [-0.05, 0) is 37.8 Å². The standard InChI is InChI=1S/C15H19ClN2O3/c1-10(11-5-3-2-4-6-11)17-15(19)12-7-8-13(16)14(9-12)18(20)21/h7-11H,2-6H2,1H3,(H,17,19). The van der Waals surface area contributed by atoms with Crippen molar-refractivity contribution in [3.05, 3.63) is 38.9 Å². The third-order valence-corrected chi connectivity index (χ3v) is 4.44. The maximum Gasteiger partial charge on any atom is 0.288 e. The molecule has 1 unspecified atom stereocenters. The fraction of sp³-hybridized carbons (Fsp3) is 0.533. The van der Waals surface area contributed by atoms with Crippen LogP contribution in [-0.4, -0.2) is 16.9 Å². The Morgan fingerprint density at radius 1 is 1.38 bits per heavy atom. The number of carbonyl (C=O) groups is 1. The van der Waals surface area contributed by atoms with Gasteiger partial charge < -0.3 is 5.32 Å². The van der Waals surface area contributed by atoms with Crippen molar-refractivity contribution in [1.29, 1.82) is 0 Å². The molecule has 0 bridgehead atoms. The molecular formula is C15H19ClN2O3. The molecule has 0 radical (unpaired) electrons. The summed E-state index contributed by atoms with van der Waals surface area (Å²) >= 11 is 5.75. The third kappa shape index (κ3) is 3.94. The Bertz CT molecular complexity index is 542. The lowest BCUT2D eigenvalue weighted by Gasteiger charge is -2.28. The number of nitro groups is 1. The molecule has 1 aliphatic carbocycles. The average molecular weight is 311 g/mol. The summed E-state index contributed by atoms with van der Waals surface area (Å²) in [5, 5.41) is 13.8. The van der Waals surface area contributed by atoms with Gasteiger partial charge in [-0.25, -0.2) is 0 Å². The molecule has 5 nitrogen and oxygen atoms in total. The first-order valence-electron chi connectivity index (χ1n) is 7.24. The summed E-state index contributed by atoms with van der Waals surface area (Å²) in [5.74, 6) is 0.206. The molecule has 1 aromatic rings. The van der Waals surface area contributed by atoms with Crippen molar-refractivity contribution in [2.24, 2.45) is 5.92 Å². The van der Waals surface area contributed by atoms with Crippen LogP contribution in [0, 0.1) is 16.0 Å². The van der Waals surface area contributed by atoms with Crippen molar-refractivity contribution in [3.8, 4) is 0 Å². The van der Waals surface area contributed by atoms with Gasteiger partial charge in [-0.1, -0.05) is 30.9 Å². The molecule has 1 aliphatic rings. The van der Waals surface area contributed by atoms with E-state index in [0.29, 0.717) is 5.92 Å². The van der Waals surface area contributed by atoms with E-state index in [1.807, 2.05) is 6.92 Å². The average Bonchev–Trinajstić information content (AvgIpc) is 2.48. The minimum absolute atomic E-state index is 0.0388. The van der Waals surface area contributed by atoms with Crippen LogP contribution < -0.4 is 5.32 Å². The summed E-state index contributed by atoms with van der Waals surface area (Å²) in [4.78, 5) is 22.5. The molecule has 1 fully saturated rings. The summed E-state index contributed by atoms with van der Waals surface area (Å²) in [6, 6.07) is 4.20. The maximum atomic E-state index is 12.2. The summed E-state index contributed by atoms with van der Waals surface area (Å²) in [6.07, 6.45) is 5.93. The number of amides is 1. The van der Waals surface area contributed by atoms with Gasteiger partial charge in [0.25, 0.3) is 11.6 Å². The van der Waals surface area contributed by atoms with E-state index < -0.39 is 4.92 Å². The number of nitrogens with zero attached hydrogens (tertiary/aromatic N) is 1. The van der Waals surface area contributed by atoms with Crippen LogP contribution in [0.2, 0.25) is 5.02 Å². The van der Waals surface area contributed by atoms with E-state index in [2.05, 4.69) is 5.32 Å². The van der Waals surface area contributed by atoms with Gasteiger partial charge in [0, 0.05) is 17.7 Å². The van der Waals surface area contributed by atoms with E-state index in [0.717, 1.165) is 12.8 Å². The Hall–Kier alpha value is -1.62. The van der Waals surface area contributed by atoms with Crippen LogP contribution >= 0.6 is 11.6 Å². The van der Waals surface area contributed by atoms with Crippen LogP contribution in [-0.2, 0) is 0 Å². The zero-order valence-electron chi connectivity index (χ0n) is 12.0. The molecule has 0 saturated heterocycles. The van der Waals surface area contributed by atoms with Crippen molar-refractivity contribution in [3.63, 3.8) is 0 Å². The van der Waals surface area contributed by atoms with Crippen molar-refractivity contribution >= 4 is 23.2 Å². The second kappa shape index (κ2) is 6.89. The topological polar surface area (TPSA) is 72.2 Å². The first kappa shape index (κ1) is 15.8. The third-order valence-electron chi connectivity index (χ3n) is 4.12. The zero-order valence-corrected chi connectivity index (χ0v) is 12.7. The molecule has 0 aliphatic heterocycles. The lowest BCUT2D eigenvalue weighted by atomic mass is 9.84. The van der Waals surface area contributed by atoms with Gasteiger partial charge in [0.1, 0.15) is 5.02 Å². The van der Waals surface area contributed by atoms with Crippen molar-refractivity contribution in [2.75, 3.05) is 0 Å². The van der Waals surface area contributed by atoms with Crippen LogP contribution in [0.1, 0.15) is 49.4 Å². The molecule has 21 heavy (non-hydrogen) atoms. The highest BCUT2D eigenvalue weighted by molar-refractivity contribution is 6.32. The summed E-state index contributed by atoms with van der Waals surface area (Å²) < 4.78 is 0. The van der Waals surface area contributed by atoms with Gasteiger partial charge in [-0.3, -0.25) is 14.9 Å². The molecular weight excluding hydrogens is 292 g/mol. The lowest BCUT2D eigenvalue weighted by Crippen LogP contribution is -2.38. The minimum Gasteiger partial charge on any atom is -0.349 e. The largest absolute Gasteiger partial charge is 0.349 e. The smallest absolute Gasteiger partial charge is 0.288 e. The molecule has 1 saturated carbocycles. The Morgan fingerprint density at radius 3 is 2.67 bits per heavy atom. The van der Waals surface area contributed by atoms with E-state index in [1.54, 1.807) is 0 Å². The highest BCUT2D eigenvalue weighted by atomic mass is 35.5. The molecule has 1 aromatic carbocycles. The predicted octanol–water partition coefficient (Wildman–Crippen LogP) is 3.95. The van der Waals surface area contributed by atoms with E-state index in [-0.39, 0.29) is 28.2 Å². The highest BCUT2D eigenvalue weighted by Crippen LogP contribution is 2.27. The molecule has 114 valence electrons. The zero-order chi connectivity index (χ0) is 15.4. The summed E-state index contributed by atoms with van der Waals surface area (Å²) in [6.45, 7) is 2.00. The Balaban J connectivity index is 2.06. The second-order valence-electron chi connectivity index (χ2n) is 5.58. The number of benzene rings is 1. The summed E-state index contributed by atoms with van der Waals surface area (Å²) in [5.41, 5.74) is 0.0309. The molecule has 6 heteroatoms. The fourth-order valence-electron chi connectivity index (χ4n) is 2.84. The van der Waals surface area contributed by atoms with Crippen molar-refractivity contribution in [2.45, 2.75) is 45.1 Å². The number of rotatable bonds is 4. The molecule has 0 spiro atoms. The maximum absolute atomic E-state index is 12.2. The second-order valence-corrected chi connectivity index (χ2v) is 5.99. The van der Waals surface area contributed by atoms with Gasteiger partial charge in [0.2, 0.25) is 0 Å². The Morgan fingerprint density at radius 2 is 2.05 bits per heavy atom. The Kier molecular flexibility index (Phi) is 5.17. The molecule has 2 rings (SSSR count). The van der Waals surface area contributed by atoms with Gasteiger partial charge in [0.15, 0.2) is 0 Å². The van der Waals surface area contributed by atoms with E-state index in [1.165, 1.54) is 37.5 Å². The van der Waals surface area contributed by atoms with Crippen LogP contribution in [0.25, 0.3) is 0 Å². The molecule has 0 heterocycles. The van der Waals surface area contributed by atoms with E-state index in [4.69, 9.17) is 11.6 Å². The molecule has 1 atom stereocenters. The quantitative estimate of drug-likeness (QED) is 0.676. The number of nitrogens with one attached hydrogen (secondary N) is 1. The highest BCUT2D eigenvalue weighted by Gasteiger charge is 2.23. The molecule has 0 aromatic heterocycles. The predicted molar refractivity (Wildman–Crippen MR) is 81.6 cm³/mol. The van der Waals surface area contributed by atoms with Crippen molar-refractivity contribution in [1.82, 2.24) is 5.32 Å². The SMILES string of the molecule is CC(NC(=O)c1ccc(Cl)c([N+](=O)[O-])c1)C1CCCCC1. The number of hydrogen-bond acceptors (Lipinski definition) is 3. The summed E-state index contributed by atoms with van der Waals surface area (Å²) in [7, 11) is 0. The lowest BCUT2D eigenvalue weighted by molar-refractivity contribution is -0.384. The first-order valence-corrected chi connectivity index (χ1v) is 7.61. The van der Waals surface area contributed by atoms with E-state index >= 15 is 0 Å². The van der Waals surface area contributed by atoms with Gasteiger partial charge in [0.05, 0.1) is 4.92 Å². The normalized spacial score (nSPS) is 17.2. The number of nitro benzene ring substituents is 1. The van der Waals surface area contributed by atoms with Crippen molar-refractivity contribution < 1.29 is 9.72 Å². The molecule has 1 N–H and O–H groups in total. The van der Waals surface area contributed by atoms with E-state index in [9.17, 15) is 14.9 Å². The number of halogens is 1. The number of hydrogen-bond donors (Lipinski definition) is 1. The van der Waals surface area contributed by atoms with Gasteiger partial charge in [-0.2, -0.15) is 0 Å². The Labute approximate surface area is 128 Å². The van der Waals surface area contributed by atoms with Gasteiger partial charge in [-0.15, -0.1) is 0 Å². The van der Waals surface area contributed by atoms with Crippen LogP contribution in [0.3, 0.4) is 0 Å². The molecule has 1 amide bonds. The minimum atomic E-state index is -0.580.